The lowest BCUT2D eigenvalue weighted by molar-refractivity contribution is 0.104. The summed E-state index contributed by atoms with van der Waals surface area (Å²) in [5.74, 6) is -0.0331. The molecule has 0 saturated carbocycles. The Morgan fingerprint density at radius 1 is 1.05 bits per heavy atom. The molecule has 0 unspecified atom stereocenters. The Balaban J connectivity index is 1.70. The van der Waals surface area contributed by atoms with E-state index in [0.717, 1.165) is 11.1 Å². The van der Waals surface area contributed by atoms with Crippen molar-refractivity contribution >= 4 is 28.6 Å². The summed E-state index contributed by atoms with van der Waals surface area (Å²) >= 11 is 1.29. The van der Waals surface area contributed by atoms with E-state index in [1.807, 2.05) is 42.5 Å². The summed E-state index contributed by atoms with van der Waals surface area (Å²) in [7, 11) is 0. The second-order valence-electron chi connectivity index (χ2n) is 4.10. The number of thioether (sulfide) groups is 1. The predicted octanol–water partition coefficient (Wildman–Crippen LogP) is 4.32. The summed E-state index contributed by atoms with van der Waals surface area (Å²) in [6.07, 6.45) is 1.52. The Morgan fingerprint density at radius 3 is 2.60 bits per heavy atom. The number of para-hydroxylation sites is 2. The lowest BCUT2D eigenvalue weighted by Gasteiger charge is -1.93. The van der Waals surface area contributed by atoms with E-state index in [1.165, 1.54) is 17.8 Å². The Kier molecular flexibility index (Phi) is 3.65. The van der Waals surface area contributed by atoms with Crippen LogP contribution in [0.1, 0.15) is 10.4 Å². The molecule has 3 nitrogen and oxygen atoms in total. The maximum Gasteiger partial charge on any atom is 0.261 e. The number of hydrogen-bond acceptors (Lipinski definition) is 4. The van der Waals surface area contributed by atoms with Gasteiger partial charge in [-0.25, -0.2) is 4.98 Å². The number of carbonyl (C=O) groups excluding carboxylic acids is 1. The third kappa shape index (κ3) is 2.81. The second-order valence-corrected chi connectivity index (χ2v) is 4.96. The average molecular weight is 281 g/mol. The monoisotopic (exact) mass is 281 g/mol. The van der Waals surface area contributed by atoms with Crippen LogP contribution in [0.3, 0.4) is 0 Å². The summed E-state index contributed by atoms with van der Waals surface area (Å²) in [6, 6.07) is 16.7. The first-order chi connectivity index (χ1) is 9.83. The summed E-state index contributed by atoms with van der Waals surface area (Å²) in [5, 5.41) is 2.23. The molecule has 4 heteroatoms. The van der Waals surface area contributed by atoms with Gasteiger partial charge in [-0.2, -0.15) is 0 Å². The van der Waals surface area contributed by atoms with Gasteiger partial charge >= 0.3 is 0 Å². The maximum atomic E-state index is 11.9. The number of carbonyl (C=O) groups is 1. The number of benzene rings is 2. The van der Waals surface area contributed by atoms with E-state index >= 15 is 0 Å². The molecule has 0 N–H and O–H groups in total. The molecule has 0 radical (unpaired) electrons. The highest BCUT2D eigenvalue weighted by molar-refractivity contribution is 8.01. The fourth-order valence-electron chi connectivity index (χ4n) is 1.75. The number of oxazole rings is 1. The van der Waals surface area contributed by atoms with Gasteiger partial charge in [0, 0.05) is 5.56 Å². The average Bonchev–Trinajstić information content (AvgIpc) is 2.90. The van der Waals surface area contributed by atoms with Gasteiger partial charge in [0.1, 0.15) is 5.52 Å². The van der Waals surface area contributed by atoms with Crippen LogP contribution in [0.2, 0.25) is 0 Å². The molecule has 2 aromatic carbocycles. The van der Waals surface area contributed by atoms with Gasteiger partial charge < -0.3 is 4.42 Å². The van der Waals surface area contributed by atoms with Crippen LogP contribution in [-0.2, 0) is 0 Å². The molecule has 0 fully saturated rings. The molecule has 3 aromatic rings. The van der Waals surface area contributed by atoms with Crippen molar-refractivity contribution < 1.29 is 9.21 Å². The first kappa shape index (κ1) is 12.7. The maximum absolute atomic E-state index is 11.9. The number of ketones is 1. The minimum absolute atomic E-state index is 0.0331. The van der Waals surface area contributed by atoms with Crippen molar-refractivity contribution in [3.63, 3.8) is 0 Å². The van der Waals surface area contributed by atoms with Crippen LogP contribution in [0, 0.1) is 0 Å². The molecule has 0 aliphatic carbocycles. The molecule has 0 atom stereocenters. The zero-order valence-electron chi connectivity index (χ0n) is 10.5. The molecule has 3 rings (SSSR count). The highest BCUT2D eigenvalue weighted by Gasteiger charge is 2.04. The molecule has 98 valence electrons. The van der Waals surface area contributed by atoms with Crippen molar-refractivity contribution in [2.75, 3.05) is 0 Å². The molecule has 0 aliphatic rings. The third-order valence-corrected chi connectivity index (χ3v) is 3.37. The second kappa shape index (κ2) is 5.75. The quantitative estimate of drug-likeness (QED) is 0.406. The molecule has 0 saturated heterocycles. The van der Waals surface area contributed by atoms with Crippen LogP contribution < -0.4 is 0 Å². The van der Waals surface area contributed by atoms with E-state index in [-0.39, 0.29) is 5.78 Å². The van der Waals surface area contributed by atoms with E-state index in [4.69, 9.17) is 4.42 Å². The Bertz CT molecular complexity index is 729. The van der Waals surface area contributed by atoms with E-state index in [0.29, 0.717) is 10.8 Å². The Hall–Kier alpha value is -2.33. The third-order valence-electron chi connectivity index (χ3n) is 2.72. The van der Waals surface area contributed by atoms with Crippen molar-refractivity contribution in [2.45, 2.75) is 5.22 Å². The predicted molar refractivity (Wildman–Crippen MR) is 79.8 cm³/mol. The zero-order valence-corrected chi connectivity index (χ0v) is 11.3. The van der Waals surface area contributed by atoms with E-state index < -0.39 is 0 Å². The number of nitrogens with zero attached hydrogens (tertiary/aromatic N) is 1. The summed E-state index contributed by atoms with van der Waals surface area (Å²) in [5.41, 5.74) is 2.23. The highest BCUT2D eigenvalue weighted by atomic mass is 32.2. The Morgan fingerprint density at radius 2 is 1.80 bits per heavy atom. The van der Waals surface area contributed by atoms with Gasteiger partial charge in [-0.15, -0.1) is 0 Å². The van der Waals surface area contributed by atoms with Crippen LogP contribution in [0.15, 0.2) is 75.7 Å². The smallest absolute Gasteiger partial charge is 0.261 e. The highest BCUT2D eigenvalue weighted by Crippen LogP contribution is 2.23. The van der Waals surface area contributed by atoms with Crippen LogP contribution in [0.25, 0.3) is 11.1 Å². The number of rotatable bonds is 4. The van der Waals surface area contributed by atoms with Crippen LogP contribution >= 0.6 is 11.8 Å². The summed E-state index contributed by atoms with van der Waals surface area (Å²) in [4.78, 5) is 16.2. The standard InChI is InChI=1S/C16H11NO2S/c18-14(12-6-2-1-3-7-12)10-11-20-16-17-13-8-4-5-9-15(13)19-16/h1-11H/b11-10+. The van der Waals surface area contributed by atoms with Crippen molar-refractivity contribution in [1.82, 2.24) is 4.98 Å². The SMILES string of the molecule is O=C(/C=C/Sc1nc2ccccc2o1)c1ccccc1. The van der Waals surface area contributed by atoms with Crippen molar-refractivity contribution in [1.29, 1.82) is 0 Å². The van der Waals surface area contributed by atoms with E-state index in [1.54, 1.807) is 17.5 Å². The van der Waals surface area contributed by atoms with Crippen molar-refractivity contribution in [3.05, 3.63) is 71.6 Å². The summed E-state index contributed by atoms with van der Waals surface area (Å²) in [6.45, 7) is 0. The first-order valence-electron chi connectivity index (χ1n) is 6.11. The zero-order chi connectivity index (χ0) is 13.8. The molecule has 20 heavy (non-hydrogen) atoms. The lowest BCUT2D eigenvalue weighted by atomic mass is 10.1. The molecule has 0 spiro atoms. The van der Waals surface area contributed by atoms with Crippen molar-refractivity contribution in [3.8, 4) is 0 Å². The van der Waals surface area contributed by atoms with E-state index in [2.05, 4.69) is 4.98 Å². The normalized spacial score (nSPS) is 11.2. The van der Waals surface area contributed by atoms with Crippen LogP contribution in [0.4, 0.5) is 0 Å². The first-order valence-corrected chi connectivity index (χ1v) is 6.99. The van der Waals surface area contributed by atoms with Crippen molar-refractivity contribution in [2.24, 2.45) is 0 Å². The van der Waals surface area contributed by atoms with Gasteiger partial charge in [0.15, 0.2) is 11.4 Å². The van der Waals surface area contributed by atoms with Gasteiger partial charge in [-0.05, 0) is 35.4 Å². The molecular weight excluding hydrogens is 270 g/mol. The molecular formula is C16H11NO2S. The van der Waals surface area contributed by atoms with Crippen LogP contribution in [-0.4, -0.2) is 10.8 Å². The largest absolute Gasteiger partial charge is 0.431 e. The molecule has 0 bridgehead atoms. The minimum Gasteiger partial charge on any atom is -0.431 e. The van der Waals surface area contributed by atoms with Gasteiger partial charge in [-0.1, -0.05) is 42.5 Å². The number of fused-ring (bicyclic) bond motifs is 1. The molecule has 1 heterocycles. The fourth-order valence-corrected chi connectivity index (χ4v) is 2.35. The number of hydrogen-bond donors (Lipinski definition) is 0. The van der Waals surface area contributed by atoms with Gasteiger partial charge in [0.05, 0.1) is 0 Å². The summed E-state index contributed by atoms with van der Waals surface area (Å²) < 4.78 is 5.54. The molecule has 1 aromatic heterocycles. The molecule has 0 aliphatic heterocycles. The fraction of sp³-hybridized carbons (Fsp3) is 0. The minimum atomic E-state index is -0.0331. The van der Waals surface area contributed by atoms with Gasteiger partial charge in [0.2, 0.25) is 0 Å². The van der Waals surface area contributed by atoms with Crippen LogP contribution in [0.5, 0.6) is 0 Å². The number of aromatic nitrogens is 1. The topological polar surface area (TPSA) is 43.1 Å². The molecule has 0 amide bonds. The number of allylic oxidation sites excluding steroid dienone is 1. The Labute approximate surface area is 120 Å². The van der Waals surface area contributed by atoms with E-state index in [9.17, 15) is 4.79 Å². The van der Waals surface area contributed by atoms with Gasteiger partial charge in [0.25, 0.3) is 5.22 Å². The van der Waals surface area contributed by atoms with Gasteiger partial charge in [-0.3, -0.25) is 4.79 Å². The lowest BCUT2D eigenvalue weighted by Crippen LogP contribution is -1.92.